The highest BCUT2D eigenvalue weighted by Gasteiger charge is 2.22. The van der Waals surface area contributed by atoms with E-state index < -0.39 is 16.9 Å². The third kappa shape index (κ3) is 3.84. The Morgan fingerprint density at radius 1 is 1.53 bits per heavy atom. The van der Waals surface area contributed by atoms with Crippen molar-refractivity contribution >= 4 is 40.5 Å². The van der Waals surface area contributed by atoms with Crippen molar-refractivity contribution in [3.8, 4) is 0 Å². The number of hydrogen-bond donors (Lipinski definition) is 2. The molecule has 19 heavy (non-hydrogen) atoms. The number of aliphatic carboxylic acids is 1. The number of nitro groups is 1. The van der Waals surface area contributed by atoms with Crippen molar-refractivity contribution in [2.75, 3.05) is 5.32 Å². The minimum atomic E-state index is -1.15. The van der Waals surface area contributed by atoms with Crippen LogP contribution >= 0.6 is 23.2 Å². The Hall–Kier alpha value is -1.79. The SMILES string of the molecule is C=CCC(Nc1cc(Cl)c(Cl)cc1[N+](=O)[O-])C(=O)O. The number of nitrogens with one attached hydrogen (secondary N) is 1. The van der Waals surface area contributed by atoms with Gasteiger partial charge in [0.05, 0.1) is 15.0 Å². The molecular formula is C11H10Cl2N2O4. The first kappa shape index (κ1) is 15.3. The van der Waals surface area contributed by atoms with E-state index in [0.717, 1.165) is 6.07 Å². The first-order chi connectivity index (χ1) is 8.86. The van der Waals surface area contributed by atoms with Crippen molar-refractivity contribution < 1.29 is 14.8 Å². The summed E-state index contributed by atoms with van der Waals surface area (Å²) in [4.78, 5) is 21.2. The predicted octanol–water partition coefficient (Wildman–Crippen LogP) is 3.34. The normalized spacial score (nSPS) is 11.7. The molecule has 2 N–H and O–H groups in total. The molecule has 0 heterocycles. The molecule has 1 atom stereocenters. The van der Waals surface area contributed by atoms with E-state index in [1.165, 1.54) is 12.1 Å². The van der Waals surface area contributed by atoms with Crippen LogP contribution in [-0.4, -0.2) is 22.0 Å². The molecule has 8 heteroatoms. The Balaban J connectivity index is 3.17. The Morgan fingerprint density at radius 2 is 2.11 bits per heavy atom. The molecule has 0 aliphatic carbocycles. The van der Waals surface area contributed by atoms with Crippen LogP contribution in [0.4, 0.5) is 11.4 Å². The molecule has 1 rings (SSSR count). The summed E-state index contributed by atoms with van der Waals surface area (Å²) in [7, 11) is 0. The highest BCUT2D eigenvalue weighted by atomic mass is 35.5. The third-order valence-electron chi connectivity index (χ3n) is 2.27. The van der Waals surface area contributed by atoms with Gasteiger partial charge in [0, 0.05) is 6.07 Å². The van der Waals surface area contributed by atoms with Gasteiger partial charge in [0.1, 0.15) is 11.7 Å². The van der Waals surface area contributed by atoms with Crippen molar-refractivity contribution in [1.29, 1.82) is 0 Å². The molecule has 0 bridgehead atoms. The van der Waals surface area contributed by atoms with Gasteiger partial charge < -0.3 is 10.4 Å². The van der Waals surface area contributed by atoms with Crippen LogP contribution in [0.5, 0.6) is 0 Å². The second kappa shape index (κ2) is 6.40. The zero-order valence-corrected chi connectivity index (χ0v) is 11.1. The van der Waals surface area contributed by atoms with E-state index in [0.29, 0.717) is 0 Å². The zero-order valence-electron chi connectivity index (χ0n) is 9.60. The van der Waals surface area contributed by atoms with Gasteiger partial charge in [-0.25, -0.2) is 4.79 Å². The summed E-state index contributed by atoms with van der Waals surface area (Å²) >= 11 is 11.5. The van der Waals surface area contributed by atoms with Gasteiger partial charge in [0.25, 0.3) is 5.69 Å². The summed E-state index contributed by atoms with van der Waals surface area (Å²) in [5.74, 6) is -1.15. The minimum absolute atomic E-state index is 0.00588. The number of halogens is 2. The fraction of sp³-hybridized carbons (Fsp3) is 0.182. The molecule has 0 radical (unpaired) electrons. The Bertz CT molecular complexity index is 534. The smallest absolute Gasteiger partial charge is 0.326 e. The van der Waals surface area contributed by atoms with Gasteiger partial charge >= 0.3 is 5.97 Å². The summed E-state index contributed by atoms with van der Waals surface area (Å²) in [5.41, 5.74) is -0.349. The van der Waals surface area contributed by atoms with Gasteiger partial charge in [-0.05, 0) is 12.5 Å². The second-order valence-electron chi connectivity index (χ2n) is 3.60. The van der Waals surface area contributed by atoms with E-state index in [9.17, 15) is 14.9 Å². The number of anilines is 1. The maximum atomic E-state index is 11.0. The maximum absolute atomic E-state index is 11.0. The van der Waals surface area contributed by atoms with Crippen molar-refractivity contribution in [2.45, 2.75) is 12.5 Å². The van der Waals surface area contributed by atoms with E-state index >= 15 is 0 Å². The highest BCUT2D eigenvalue weighted by Crippen LogP contribution is 2.34. The molecule has 0 spiro atoms. The lowest BCUT2D eigenvalue weighted by atomic mass is 10.2. The van der Waals surface area contributed by atoms with Crippen molar-refractivity contribution in [2.24, 2.45) is 0 Å². The molecule has 102 valence electrons. The molecule has 0 fully saturated rings. The lowest BCUT2D eigenvalue weighted by Crippen LogP contribution is -2.28. The van der Waals surface area contributed by atoms with E-state index in [1.807, 2.05) is 0 Å². The third-order valence-corrected chi connectivity index (χ3v) is 2.99. The zero-order chi connectivity index (χ0) is 14.6. The Labute approximate surface area is 118 Å². The van der Waals surface area contributed by atoms with Gasteiger partial charge in [-0.2, -0.15) is 0 Å². The summed E-state index contributed by atoms with van der Waals surface area (Å²) in [6, 6.07) is 1.26. The van der Waals surface area contributed by atoms with E-state index in [2.05, 4.69) is 11.9 Å². The molecule has 1 aromatic rings. The van der Waals surface area contributed by atoms with Gasteiger partial charge in [0.15, 0.2) is 0 Å². The molecule has 0 aliphatic rings. The summed E-state index contributed by atoms with van der Waals surface area (Å²) in [6.07, 6.45) is 1.50. The summed E-state index contributed by atoms with van der Waals surface area (Å²) in [5, 5.41) is 22.5. The number of benzene rings is 1. The molecule has 0 saturated carbocycles. The largest absolute Gasteiger partial charge is 0.480 e. The van der Waals surface area contributed by atoms with Gasteiger partial charge in [0.2, 0.25) is 0 Å². The van der Waals surface area contributed by atoms with Crippen LogP contribution in [0, 0.1) is 10.1 Å². The molecule has 0 aliphatic heterocycles. The Morgan fingerprint density at radius 3 is 2.58 bits per heavy atom. The van der Waals surface area contributed by atoms with Crippen LogP contribution in [0.3, 0.4) is 0 Å². The van der Waals surface area contributed by atoms with Crippen LogP contribution in [0.15, 0.2) is 24.8 Å². The minimum Gasteiger partial charge on any atom is -0.480 e. The fourth-order valence-corrected chi connectivity index (χ4v) is 1.70. The lowest BCUT2D eigenvalue weighted by molar-refractivity contribution is -0.384. The number of carboxylic acid groups (broad SMARTS) is 1. The van der Waals surface area contributed by atoms with Gasteiger partial charge in [-0.15, -0.1) is 6.58 Å². The highest BCUT2D eigenvalue weighted by molar-refractivity contribution is 6.42. The number of hydrogen-bond acceptors (Lipinski definition) is 4. The molecule has 1 unspecified atom stereocenters. The van der Waals surface area contributed by atoms with Crippen LogP contribution in [0.1, 0.15) is 6.42 Å². The van der Waals surface area contributed by atoms with E-state index in [4.69, 9.17) is 28.3 Å². The molecule has 0 amide bonds. The Kier molecular flexibility index (Phi) is 5.14. The first-order valence-corrected chi connectivity index (χ1v) is 5.86. The van der Waals surface area contributed by atoms with Crippen LogP contribution in [0.25, 0.3) is 0 Å². The quantitative estimate of drug-likeness (QED) is 0.477. The predicted molar refractivity (Wildman–Crippen MR) is 73.0 cm³/mol. The molecule has 1 aromatic carbocycles. The molecule has 0 aromatic heterocycles. The summed E-state index contributed by atoms with van der Waals surface area (Å²) in [6.45, 7) is 3.43. The standard InChI is InChI=1S/C11H10Cl2N2O4/c1-2-3-8(11(16)17)14-9-4-6(12)7(13)5-10(9)15(18)19/h2,4-5,8,14H,1,3H2,(H,16,17). The molecule has 6 nitrogen and oxygen atoms in total. The first-order valence-electron chi connectivity index (χ1n) is 5.10. The number of nitro benzene ring substituents is 1. The van der Waals surface area contributed by atoms with Crippen LogP contribution < -0.4 is 5.32 Å². The maximum Gasteiger partial charge on any atom is 0.326 e. The topological polar surface area (TPSA) is 92.5 Å². The van der Waals surface area contributed by atoms with Gasteiger partial charge in [-0.3, -0.25) is 10.1 Å². The number of rotatable bonds is 6. The van der Waals surface area contributed by atoms with Crippen molar-refractivity contribution in [3.05, 3.63) is 44.9 Å². The van der Waals surface area contributed by atoms with Crippen LogP contribution in [0.2, 0.25) is 10.0 Å². The number of carbonyl (C=O) groups is 1. The monoisotopic (exact) mass is 304 g/mol. The van der Waals surface area contributed by atoms with Crippen LogP contribution in [-0.2, 0) is 4.79 Å². The van der Waals surface area contributed by atoms with Gasteiger partial charge in [-0.1, -0.05) is 29.3 Å². The number of nitrogens with zero attached hydrogens (tertiary/aromatic N) is 1. The average molecular weight is 305 g/mol. The van der Waals surface area contributed by atoms with E-state index in [1.54, 1.807) is 0 Å². The van der Waals surface area contributed by atoms with Crippen molar-refractivity contribution in [1.82, 2.24) is 0 Å². The second-order valence-corrected chi connectivity index (χ2v) is 4.41. The average Bonchev–Trinajstić information content (AvgIpc) is 2.32. The van der Waals surface area contributed by atoms with Crippen molar-refractivity contribution in [3.63, 3.8) is 0 Å². The molecule has 0 saturated heterocycles. The molecular weight excluding hydrogens is 295 g/mol. The lowest BCUT2D eigenvalue weighted by Gasteiger charge is -2.14. The number of carboxylic acids is 1. The van der Waals surface area contributed by atoms with E-state index in [-0.39, 0.29) is 27.8 Å². The fourth-order valence-electron chi connectivity index (χ4n) is 1.38. The summed E-state index contributed by atoms with van der Waals surface area (Å²) < 4.78 is 0.